The molecule has 0 saturated heterocycles. The number of phenolic OH excluding ortho intramolecular Hbond substituents is 1. The maximum absolute atomic E-state index is 9.40. The third kappa shape index (κ3) is 2.07. The molecule has 1 heterocycles. The van der Waals surface area contributed by atoms with Crippen LogP contribution in [-0.4, -0.2) is 27.2 Å². The summed E-state index contributed by atoms with van der Waals surface area (Å²) in [6, 6.07) is 5.20. The van der Waals surface area contributed by atoms with Gasteiger partial charge in [0.15, 0.2) is 11.5 Å². The molecule has 2 aromatic rings. The van der Waals surface area contributed by atoms with Crippen molar-refractivity contribution >= 4 is 0 Å². The van der Waals surface area contributed by atoms with E-state index in [0.29, 0.717) is 12.3 Å². The van der Waals surface area contributed by atoms with E-state index in [1.165, 1.54) is 7.11 Å². The van der Waals surface area contributed by atoms with Crippen molar-refractivity contribution in [1.29, 1.82) is 0 Å². The highest BCUT2D eigenvalue weighted by atomic mass is 16.5. The van der Waals surface area contributed by atoms with E-state index < -0.39 is 0 Å². The van der Waals surface area contributed by atoms with Gasteiger partial charge in [-0.25, -0.2) is 4.68 Å². The number of phenols is 1. The smallest absolute Gasteiger partial charge is 0.160 e. The molecule has 15 heavy (non-hydrogen) atoms. The average molecular weight is 205 g/mol. The number of rotatable bonds is 3. The minimum atomic E-state index is 0.139. The zero-order valence-corrected chi connectivity index (χ0v) is 8.29. The molecule has 0 aliphatic rings. The normalized spacial score (nSPS) is 10.2. The molecule has 0 amide bonds. The molecule has 0 aliphatic carbocycles. The van der Waals surface area contributed by atoms with E-state index in [1.807, 2.05) is 6.07 Å². The Kier molecular flexibility index (Phi) is 2.53. The summed E-state index contributed by atoms with van der Waals surface area (Å²) in [6.45, 7) is 0.608. The van der Waals surface area contributed by atoms with E-state index in [9.17, 15) is 5.11 Å². The maximum Gasteiger partial charge on any atom is 0.160 e. The van der Waals surface area contributed by atoms with Gasteiger partial charge in [-0.2, -0.15) is 0 Å². The second kappa shape index (κ2) is 4.00. The van der Waals surface area contributed by atoms with Crippen LogP contribution in [0.3, 0.4) is 0 Å². The Hall–Kier alpha value is -2.04. The summed E-state index contributed by atoms with van der Waals surface area (Å²) in [6.07, 6.45) is 3.40. The lowest BCUT2D eigenvalue weighted by Gasteiger charge is -2.06. The van der Waals surface area contributed by atoms with Crippen LogP contribution < -0.4 is 4.74 Å². The van der Waals surface area contributed by atoms with Crippen molar-refractivity contribution in [2.45, 2.75) is 6.54 Å². The van der Waals surface area contributed by atoms with Gasteiger partial charge < -0.3 is 9.84 Å². The molecule has 0 aliphatic heterocycles. The minimum absolute atomic E-state index is 0.139. The molecule has 0 bridgehead atoms. The van der Waals surface area contributed by atoms with Crippen LogP contribution in [0.25, 0.3) is 0 Å². The fraction of sp³-hybridized carbons (Fsp3) is 0.200. The van der Waals surface area contributed by atoms with Crippen molar-refractivity contribution in [1.82, 2.24) is 15.0 Å². The molecule has 1 aromatic heterocycles. The Morgan fingerprint density at radius 1 is 1.47 bits per heavy atom. The van der Waals surface area contributed by atoms with Crippen LogP contribution >= 0.6 is 0 Å². The van der Waals surface area contributed by atoms with Gasteiger partial charge in [0.1, 0.15) is 0 Å². The fourth-order valence-electron chi connectivity index (χ4n) is 1.32. The Morgan fingerprint density at radius 2 is 2.33 bits per heavy atom. The van der Waals surface area contributed by atoms with E-state index in [-0.39, 0.29) is 5.75 Å². The summed E-state index contributed by atoms with van der Waals surface area (Å²) >= 11 is 0. The lowest BCUT2D eigenvalue weighted by molar-refractivity contribution is 0.372. The molecule has 1 aromatic carbocycles. The van der Waals surface area contributed by atoms with Crippen molar-refractivity contribution in [2.75, 3.05) is 7.11 Å². The standard InChI is InChI=1S/C10H11N3O2/c1-15-10-6-8(2-3-9(10)14)7-13-5-4-11-12-13/h2-6,14H,7H2,1H3. The number of nitrogens with zero attached hydrogens (tertiary/aromatic N) is 3. The summed E-state index contributed by atoms with van der Waals surface area (Å²) in [5.74, 6) is 0.604. The molecule has 1 N–H and O–H groups in total. The number of ether oxygens (including phenoxy) is 1. The van der Waals surface area contributed by atoms with Gasteiger partial charge in [0, 0.05) is 6.20 Å². The minimum Gasteiger partial charge on any atom is -0.504 e. The fourth-order valence-corrected chi connectivity index (χ4v) is 1.32. The van der Waals surface area contributed by atoms with Crippen LogP contribution in [-0.2, 0) is 6.54 Å². The molecular weight excluding hydrogens is 194 g/mol. The Morgan fingerprint density at radius 3 is 3.00 bits per heavy atom. The van der Waals surface area contributed by atoms with Crippen molar-refractivity contribution in [2.24, 2.45) is 0 Å². The topological polar surface area (TPSA) is 60.2 Å². The van der Waals surface area contributed by atoms with Crippen LogP contribution in [0.2, 0.25) is 0 Å². The molecule has 0 radical (unpaired) electrons. The average Bonchev–Trinajstić information content (AvgIpc) is 2.73. The monoisotopic (exact) mass is 205 g/mol. The van der Waals surface area contributed by atoms with E-state index in [1.54, 1.807) is 29.2 Å². The van der Waals surface area contributed by atoms with E-state index in [4.69, 9.17) is 4.74 Å². The highest BCUT2D eigenvalue weighted by molar-refractivity contribution is 5.41. The lowest BCUT2D eigenvalue weighted by atomic mass is 10.2. The van der Waals surface area contributed by atoms with Crippen molar-refractivity contribution in [3.8, 4) is 11.5 Å². The van der Waals surface area contributed by atoms with Gasteiger partial charge in [0.05, 0.1) is 19.9 Å². The van der Waals surface area contributed by atoms with Crippen LogP contribution in [0.5, 0.6) is 11.5 Å². The molecular formula is C10H11N3O2. The molecule has 0 atom stereocenters. The first-order valence-corrected chi connectivity index (χ1v) is 4.49. The molecule has 2 rings (SSSR count). The van der Waals surface area contributed by atoms with Gasteiger partial charge in [-0.3, -0.25) is 0 Å². The first-order chi connectivity index (χ1) is 7.29. The predicted molar refractivity (Wildman–Crippen MR) is 53.8 cm³/mol. The number of hydrogen-bond donors (Lipinski definition) is 1. The third-order valence-electron chi connectivity index (χ3n) is 2.06. The van der Waals surface area contributed by atoms with Crippen LogP contribution in [0.15, 0.2) is 30.6 Å². The van der Waals surface area contributed by atoms with Gasteiger partial charge >= 0.3 is 0 Å². The zero-order chi connectivity index (χ0) is 10.7. The molecule has 0 saturated carbocycles. The first-order valence-electron chi connectivity index (χ1n) is 4.49. The van der Waals surface area contributed by atoms with Crippen LogP contribution in [0, 0.1) is 0 Å². The third-order valence-corrected chi connectivity index (χ3v) is 2.06. The summed E-state index contributed by atoms with van der Waals surface area (Å²) in [7, 11) is 1.52. The van der Waals surface area contributed by atoms with Crippen LogP contribution in [0.4, 0.5) is 0 Å². The van der Waals surface area contributed by atoms with E-state index >= 15 is 0 Å². The zero-order valence-electron chi connectivity index (χ0n) is 8.29. The number of methoxy groups -OCH3 is 1. The van der Waals surface area contributed by atoms with Gasteiger partial charge in [0.25, 0.3) is 0 Å². The largest absolute Gasteiger partial charge is 0.504 e. The molecule has 0 unspecified atom stereocenters. The quantitative estimate of drug-likeness (QED) is 0.813. The van der Waals surface area contributed by atoms with E-state index in [2.05, 4.69) is 10.3 Å². The molecule has 5 nitrogen and oxygen atoms in total. The second-order valence-electron chi connectivity index (χ2n) is 3.11. The van der Waals surface area contributed by atoms with Gasteiger partial charge in [-0.05, 0) is 17.7 Å². The number of aromatic nitrogens is 3. The summed E-state index contributed by atoms with van der Waals surface area (Å²) < 4.78 is 6.71. The Labute approximate surface area is 86.9 Å². The van der Waals surface area contributed by atoms with E-state index in [0.717, 1.165) is 5.56 Å². The van der Waals surface area contributed by atoms with Crippen molar-refractivity contribution in [3.63, 3.8) is 0 Å². The molecule has 0 spiro atoms. The van der Waals surface area contributed by atoms with Gasteiger partial charge in [0.2, 0.25) is 0 Å². The SMILES string of the molecule is COc1cc(Cn2ccnn2)ccc1O. The Bertz CT molecular complexity index is 440. The molecule has 0 fully saturated rings. The summed E-state index contributed by atoms with van der Waals surface area (Å²) in [5.41, 5.74) is 0.996. The van der Waals surface area contributed by atoms with Crippen LogP contribution in [0.1, 0.15) is 5.56 Å². The summed E-state index contributed by atoms with van der Waals surface area (Å²) in [4.78, 5) is 0. The van der Waals surface area contributed by atoms with Crippen molar-refractivity contribution in [3.05, 3.63) is 36.2 Å². The van der Waals surface area contributed by atoms with Gasteiger partial charge in [-0.15, -0.1) is 5.10 Å². The number of benzene rings is 1. The second-order valence-corrected chi connectivity index (χ2v) is 3.11. The lowest BCUT2D eigenvalue weighted by Crippen LogP contribution is -2.00. The first kappa shape index (κ1) is 9.51. The predicted octanol–water partition coefficient (Wildman–Crippen LogP) is 1.04. The number of hydrogen-bond acceptors (Lipinski definition) is 4. The number of aromatic hydroxyl groups is 1. The Balaban J connectivity index is 2.22. The van der Waals surface area contributed by atoms with Gasteiger partial charge in [-0.1, -0.05) is 11.3 Å². The summed E-state index contributed by atoms with van der Waals surface area (Å²) in [5, 5.41) is 17.0. The molecule has 78 valence electrons. The van der Waals surface area contributed by atoms with Crippen molar-refractivity contribution < 1.29 is 9.84 Å². The highest BCUT2D eigenvalue weighted by Gasteiger charge is 2.03. The maximum atomic E-state index is 9.40. The molecule has 5 heteroatoms. The highest BCUT2D eigenvalue weighted by Crippen LogP contribution is 2.26.